The van der Waals surface area contributed by atoms with Crippen LogP contribution in [0.3, 0.4) is 0 Å². The molecule has 1 amide bonds. The van der Waals surface area contributed by atoms with Gasteiger partial charge in [0.25, 0.3) is 5.91 Å². The number of fused-ring (bicyclic) bond motifs is 1. The third kappa shape index (κ3) is 4.02. The molecule has 2 aromatic carbocycles. The van der Waals surface area contributed by atoms with Crippen LogP contribution in [0.2, 0.25) is 0 Å². The summed E-state index contributed by atoms with van der Waals surface area (Å²) < 4.78 is 25.1. The summed E-state index contributed by atoms with van der Waals surface area (Å²) in [4.78, 5) is 23.2. The Morgan fingerprint density at radius 1 is 1.11 bits per heavy atom. The highest BCUT2D eigenvalue weighted by molar-refractivity contribution is 5.96. The van der Waals surface area contributed by atoms with Crippen LogP contribution in [0.25, 0.3) is 0 Å². The van der Waals surface area contributed by atoms with E-state index in [1.807, 2.05) is 32.0 Å². The monoisotopic (exact) mass is 373 g/mol. The maximum atomic E-state index is 14.0. The quantitative estimate of drug-likeness (QED) is 0.842. The van der Waals surface area contributed by atoms with Crippen molar-refractivity contribution in [2.24, 2.45) is 0 Å². The summed E-state index contributed by atoms with van der Waals surface area (Å²) in [7, 11) is 0. The van der Waals surface area contributed by atoms with Crippen molar-refractivity contribution in [2.75, 3.05) is 19.8 Å². The summed E-state index contributed by atoms with van der Waals surface area (Å²) >= 11 is 0. The number of carbonyl (C=O) groups is 2. The van der Waals surface area contributed by atoms with Crippen LogP contribution in [0.4, 0.5) is 4.39 Å². The number of ether oxygens (including phenoxy) is 2. The van der Waals surface area contributed by atoms with E-state index in [4.69, 9.17) is 14.6 Å². The van der Waals surface area contributed by atoms with Gasteiger partial charge in [0.1, 0.15) is 19.0 Å². The second-order valence-corrected chi connectivity index (χ2v) is 6.92. The Morgan fingerprint density at radius 3 is 2.48 bits per heavy atom. The van der Waals surface area contributed by atoms with E-state index in [1.54, 1.807) is 0 Å². The van der Waals surface area contributed by atoms with Gasteiger partial charge in [0.15, 0.2) is 11.5 Å². The Labute approximate surface area is 155 Å². The number of nitrogens with one attached hydrogen (secondary N) is 1. The lowest BCUT2D eigenvalue weighted by atomic mass is 9.84. The van der Waals surface area contributed by atoms with Gasteiger partial charge in [-0.2, -0.15) is 0 Å². The number of carboxylic acids is 1. The highest BCUT2D eigenvalue weighted by atomic mass is 19.1. The molecule has 1 aliphatic heterocycles. The minimum absolute atomic E-state index is 0.196. The molecule has 0 aliphatic carbocycles. The van der Waals surface area contributed by atoms with Gasteiger partial charge in [-0.05, 0) is 35.9 Å². The average molecular weight is 373 g/mol. The fraction of sp³-hybridized carbons (Fsp3) is 0.300. The lowest BCUT2D eigenvalue weighted by molar-refractivity contribution is 0.0695. The average Bonchev–Trinajstić information content (AvgIpc) is 2.65. The predicted octanol–water partition coefficient (Wildman–Crippen LogP) is 3.00. The van der Waals surface area contributed by atoms with Crippen LogP contribution >= 0.6 is 0 Å². The number of carboxylic acid groups (broad SMARTS) is 1. The van der Waals surface area contributed by atoms with E-state index >= 15 is 0 Å². The third-order valence-corrected chi connectivity index (χ3v) is 4.48. The number of benzene rings is 2. The molecule has 0 saturated heterocycles. The van der Waals surface area contributed by atoms with E-state index in [-0.39, 0.29) is 17.7 Å². The molecule has 7 heteroatoms. The smallest absolute Gasteiger partial charge is 0.335 e. The van der Waals surface area contributed by atoms with Gasteiger partial charge in [0.05, 0.1) is 11.1 Å². The number of aromatic carboxylic acids is 1. The topological polar surface area (TPSA) is 84.9 Å². The van der Waals surface area contributed by atoms with E-state index in [1.165, 1.54) is 12.1 Å². The van der Waals surface area contributed by atoms with Gasteiger partial charge in [-0.1, -0.05) is 19.9 Å². The van der Waals surface area contributed by atoms with Crippen molar-refractivity contribution >= 4 is 11.9 Å². The van der Waals surface area contributed by atoms with E-state index in [9.17, 15) is 14.0 Å². The van der Waals surface area contributed by atoms with Crippen LogP contribution < -0.4 is 14.8 Å². The van der Waals surface area contributed by atoms with Gasteiger partial charge in [-0.25, -0.2) is 9.18 Å². The van der Waals surface area contributed by atoms with Crippen molar-refractivity contribution in [1.29, 1.82) is 0 Å². The van der Waals surface area contributed by atoms with Gasteiger partial charge < -0.3 is 19.9 Å². The molecule has 0 bridgehead atoms. The van der Waals surface area contributed by atoms with Crippen molar-refractivity contribution in [3.8, 4) is 11.5 Å². The highest BCUT2D eigenvalue weighted by Crippen LogP contribution is 2.35. The summed E-state index contributed by atoms with van der Waals surface area (Å²) in [6.45, 7) is 5.15. The van der Waals surface area contributed by atoms with Crippen molar-refractivity contribution in [3.63, 3.8) is 0 Å². The maximum absolute atomic E-state index is 14.0. The summed E-state index contributed by atoms with van der Waals surface area (Å²) in [6, 6.07) is 8.82. The lowest BCUT2D eigenvalue weighted by Gasteiger charge is -2.28. The van der Waals surface area contributed by atoms with Gasteiger partial charge >= 0.3 is 5.97 Å². The SMILES string of the molecule is CC(C)(CNC(=O)c1ccc(C(=O)O)cc1F)c1ccc2c(c1)OCCO2. The molecule has 0 radical (unpaired) electrons. The largest absolute Gasteiger partial charge is 0.486 e. The first-order valence-corrected chi connectivity index (χ1v) is 8.49. The third-order valence-electron chi connectivity index (χ3n) is 4.48. The second-order valence-electron chi connectivity index (χ2n) is 6.92. The molecule has 3 rings (SSSR count). The first-order valence-electron chi connectivity index (χ1n) is 8.49. The summed E-state index contributed by atoms with van der Waals surface area (Å²) in [5.74, 6) is -1.38. The minimum Gasteiger partial charge on any atom is -0.486 e. The minimum atomic E-state index is -1.25. The highest BCUT2D eigenvalue weighted by Gasteiger charge is 2.25. The van der Waals surface area contributed by atoms with Gasteiger partial charge in [0, 0.05) is 12.0 Å². The first kappa shape index (κ1) is 18.7. The summed E-state index contributed by atoms with van der Waals surface area (Å²) in [5.41, 5.74) is 0.0931. The van der Waals surface area contributed by atoms with Crippen molar-refractivity contribution in [3.05, 3.63) is 58.9 Å². The van der Waals surface area contributed by atoms with E-state index < -0.39 is 23.1 Å². The van der Waals surface area contributed by atoms with Gasteiger partial charge in [-0.15, -0.1) is 0 Å². The zero-order valence-corrected chi connectivity index (χ0v) is 15.0. The second kappa shape index (κ2) is 7.26. The Balaban J connectivity index is 1.71. The standard InChI is InChI=1S/C20H20FNO5/c1-20(2,13-4-6-16-17(10-13)27-8-7-26-16)11-22-18(23)14-5-3-12(19(24)25)9-15(14)21/h3-6,9-10H,7-8,11H2,1-2H3,(H,22,23)(H,24,25). The molecule has 1 aliphatic rings. The molecule has 142 valence electrons. The molecular weight excluding hydrogens is 353 g/mol. The molecule has 6 nitrogen and oxygen atoms in total. The molecule has 0 atom stereocenters. The van der Waals surface area contributed by atoms with Crippen molar-refractivity contribution in [2.45, 2.75) is 19.3 Å². The zero-order chi connectivity index (χ0) is 19.6. The van der Waals surface area contributed by atoms with Crippen molar-refractivity contribution < 1.29 is 28.6 Å². The fourth-order valence-corrected chi connectivity index (χ4v) is 2.80. The normalized spacial score (nSPS) is 13.1. The Bertz CT molecular complexity index is 894. The molecular formula is C20H20FNO5. The number of rotatable bonds is 5. The first-order chi connectivity index (χ1) is 12.8. The molecule has 2 aromatic rings. The van der Waals surface area contributed by atoms with E-state index in [2.05, 4.69) is 5.32 Å². The Hall–Kier alpha value is -3.09. The van der Waals surface area contributed by atoms with Crippen LogP contribution in [0.15, 0.2) is 36.4 Å². The lowest BCUT2D eigenvalue weighted by Crippen LogP contribution is -2.37. The number of hydrogen-bond donors (Lipinski definition) is 2. The molecule has 2 N–H and O–H groups in total. The summed E-state index contributed by atoms with van der Waals surface area (Å²) in [6.07, 6.45) is 0. The van der Waals surface area contributed by atoms with Crippen LogP contribution in [-0.4, -0.2) is 36.7 Å². The molecule has 1 heterocycles. The van der Waals surface area contributed by atoms with Gasteiger partial charge in [-0.3, -0.25) is 4.79 Å². The fourth-order valence-electron chi connectivity index (χ4n) is 2.80. The van der Waals surface area contributed by atoms with Crippen molar-refractivity contribution in [1.82, 2.24) is 5.32 Å². The van der Waals surface area contributed by atoms with Gasteiger partial charge in [0.2, 0.25) is 0 Å². The Kier molecular flexibility index (Phi) is 5.03. The predicted molar refractivity (Wildman–Crippen MR) is 96.2 cm³/mol. The molecule has 0 fully saturated rings. The zero-order valence-electron chi connectivity index (χ0n) is 15.0. The summed E-state index contributed by atoms with van der Waals surface area (Å²) in [5, 5.41) is 11.6. The van der Waals surface area contributed by atoms with Crippen LogP contribution in [0.5, 0.6) is 11.5 Å². The van der Waals surface area contributed by atoms with Crippen LogP contribution in [0, 0.1) is 5.82 Å². The molecule has 0 aromatic heterocycles. The number of halogens is 1. The van der Waals surface area contributed by atoms with Crippen LogP contribution in [-0.2, 0) is 5.41 Å². The molecule has 0 spiro atoms. The molecule has 0 unspecified atom stereocenters. The number of amides is 1. The van der Waals surface area contributed by atoms with Crippen LogP contribution in [0.1, 0.15) is 40.1 Å². The van der Waals surface area contributed by atoms with E-state index in [0.29, 0.717) is 24.7 Å². The molecule has 0 saturated carbocycles. The number of carbonyl (C=O) groups excluding carboxylic acids is 1. The van der Waals surface area contributed by atoms with E-state index in [0.717, 1.165) is 11.6 Å². The Morgan fingerprint density at radius 2 is 1.81 bits per heavy atom. The maximum Gasteiger partial charge on any atom is 0.335 e. The number of hydrogen-bond acceptors (Lipinski definition) is 4. The molecule has 27 heavy (non-hydrogen) atoms.